The minimum absolute atomic E-state index is 0.441. The van der Waals surface area contributed by atoms with Crippen molar-refractivity contribution in [3.63, 3.8) is 0 Å². The van der Waals surface area contributed by atoms with E-state index < -0.39 is 18.2 Å². The van der Waals surface area contributed by atoms with E-state index in [1.54, 1.807) is 13.0 Å². The SMILES string of the molecule is CCCC(Oc1ccc(C)cc1[C@@H](C)O)C(=O)O. The zero-order valence-electron chi connectivity index (χ0n) is 11.0. The first-order valence-electron chi connectivity index (χ1n) is 6.13. The van der Waals surface area contributed by atoms with E-state index in [1.807, 2.05) is 26.0 Å². The summed E-state index contributed by atoms with van der Waals surface area (Å²) in [6.45, 7) is 5.46. The van der Waals surface area contributed by atoms with Gasteiger partial charge >= 0.3 is 5.97 Å². The topological polar surface area (TPSA) is 66.8 Å². The van der Waals surface area contributed by atoms with Crippen molar-refractivity contribution in [2.75, 3.05) is 0 Å². The Hall–Kier alpha value is -1.55. The van der Waals surface area contributed by atoms with E-state index in [0.717, 1.165) is 12.0 Å². The molecule has 4 heteroatoms. The summed E-state index contributed by atoms with van der Waals surface area (Å²) in [7, 11) is 0. The molecule has 2 atom stereocenters. The summed E-state index contributed by atoms with van der Waals surface area (Å²) in [5.41, 5.74) is 1.62. The lowest BCUT2D eigenvalue weighted by Gasteiger charge is -2.18. The van der Waals surface area contributed by atoms with Crippen LogP contribution in [0.5, 0.6) is 5.75 Å². The fourth-order valence-electron chi connectivity index (χ4n) is 1.75. The molecule has 100 valence electrons. The largest absolute Gasteiger partial charge is 0.479 e. The molecule has 0 spiro atoms. The minimum atomic E-state index is -0.978. The van der Waals surface area contributed by atoms with Crippen LogP contribution < -0.4 is 4.74 Å². The quantitative estimate of drug-likeness (QED) is 0.816. The third-order valence-corrected chi connectivity index (χ3v) is 2.71. The molecule has 0 aliphatic rings. The standard InChI is InChI=1S/C14H20O4/c1-4-5-13(14(16)17)18-12-7-6-9(2)8-11(12)10(3)15/h6-8,10,13,15H,4-5H2,1-3H3,(H,16,17)/t10-,13?/m1/s1. The number of aliphatic carboxylic acids is 1. The van der Waals surface area contributed by atoms with Crippen molar-refractivity contribution in [2.45, 2.75) is 45.8 Å². The van der Waals surface area contributed by atoms with Crippen LogP contribution in [0.25, 0.3) is 0 Å². The molecule has 0 saturated carbocycles. The van der Waals surface area contributed by atoms with Gasteiger partial charge in [0.25, 0.3) is 0 Å². The second-order valence-electron chi connectivity index (χ2n) is 4.45. The van der Waals surface area contributed by atoms with Gasteiger partial charge in [0.15, 0.2) is 6.10 Å². The van der Waals surface area contributed by atoms with Gasteiger partial charge in [0, 0.05) is 5.56 Å². The lowest BCUT2D eigenvalue weighted by molar-refractivity contribution is -0.145. The van der Waals surface area contributed by atoms with Gasteiger partial charge in [0.05, 0.1) is 6.10 Å². The lowest BCUT2D eigenvalue weighted by atomic mass is 10.1. The number of benzene rings is 1. The summed E-state index contributed by atoms with van der Waals surface area (Å²) in [6, 6.07) is 5.36. The average molecular weight is 252 g/mol. The van der Waals surface area contributed by atoms with Crippen LogP contribution in [0.4, 0.5) is 0 Å². The van der Waals surface area contributed by atoms with Crippen LogP contribution in [-0.2, 0) is 4.79 Å². The second-order valence-corrected chi connectivity index (χ2v) is 4.45. The molecule has 2 N–H and O–H groups in total. The summed E-state index contributed by atoms with van der Waals surface area (Å²) in [6.07, 6.45) is -0.374. The molecular weight excluding hydrogens is 232 g/mol. The number of ether oxygens (including phenoxy) is 1. The van der Waals surface area contributed by atoms with E-state index in [0.29, 0.717) is 17.7 Å². The van der Waals surface area contributed by atoms with Gasteiger partial charge in [-0.15, -0.1) is 0 Å². The van der Waals surface area contributed by atoms with Crippen molar-refractivity contribution < 1.29 is 19.7 Å². The number of hydrogen-bond acceptors (Lipinski definition) is 3. The summed E-state index contributed by atoms with van der Waals surface area (Å²) in [4.78, 5) is 11.1. The van der Waals surface area contributed by atoms with Crippen molar-refractivity contribution in [3.8, 4) is 5.75 Å². The minimum Gasteiger partial charge on any atom is -0.479 e. The zero-order valence-corrected chi connectivity index (χ0v) is 11.0. The van der Waals surface area contributed by atoms with Crippen LogP contribution in [0.15, 0.2) is 18.2 Å². The normalized spacial score (nSPS) is 14.0. The van der Waals surface area contributed by atoms with Crippen LogP contribution >= 0.6 is 0 Å². The van der Waals surface area contributed by atoms with Crippen molar-refractivity contribution in [3.05, 3.63) is 29.3 Å². The Kier molecular flexibility index (Phi) is 5.16. The summed E-state index contributed by atoms with van der Waals surface area (Å²) in [5, 5.41) is 18.7. The Morgan fingerprint density at radius 3 is 2.61 bits per heavy atom. The van der Waals surface area contributed by atoms with E-state index in [1.165, 1.54) is 0 Å². The zero-order chi connectivity index (χ0) is 13.7. The number of hydrogen-bond donors (Lipinski definition) is 2. The van der Waals surface area contributed by atoms with Gasteiger partial charge in [-0.3, -0.25) is 0 Å². The third-order valence-electron chi connectivity index (χ3n) is 2.71. The van der Waals surface area contributed by atoms with Crippen LogP contribution in [0.3, 0.4) is 0 Å². The first kappa shape index (κ1) is 14.5. The molecule has 0 aliphatic carbocycles. The molecule has 0 aromatic heterocycles. The van der Waals surface area contributed by atoms with Crippen molar-refractivity contribution in [2.24, 2.45) is 0 Å². The number of aryl methyl sites for hydroxylation is 1. The molecule has 1 aromatic carbocycles. The van der Waals surface area contributed by atoms with Crippen molar-refractivity contribution >= 4 is 5.97 Å². The number of aliphatic hydroxyl groups excluding tert-OH is 1. The molecule has 0 amide bonds. The summed E-state index contributed by atoms with van der Waals surface area (Å²) in [5.74, 6) is -0.537. The summed E-state index contributed by atoms with van der Waals surface area (Å²) >= 11 is 0. The van der Waals surface area contributed by atoms with Crippen molar-refractivity contribution in [1.82, 2.24) is 0 Å². The van der Waals surface area contributed by atoms with Crippen LogP contribution in [0.1, 0.15) is 43.9 Å². The fourth-order valence-corrected chi connectivity index (χ4v) is 1.75. The Balaban J connectivity index is 2.98. The molecule has 4 nitrogen and oxygen atoms in total. The number of carbonyl (C=O) groups is 1. The van der Waals surface area contributed by atoms with Crippen LogP contribution in [-0.4, -0.2) is 22.3 Å². The van der Waals surface area contributed by atoms with Gasteiger partial charge in [-0.25, -0.2) is 4.79 Å². The highest BCUT2D eigenvalue weighted by molar-refractivity contribution is 5.72. The molecular formula is C14H20O4. The lowest BCUT2D eigenvalue weighted by Crippen LogP contribution is -2.27. The number of aliphatic hydroxyl groups is 1. The predicted octanol–water partition coefficient (Wildman–Crippen LogP) is 2.68. The van der Waals surface area contributed by atoms with Gasteiger partial charge in [0.2, 0.25) is 0 Å². The van der Waals surface area contributed by atoms with Gasteiger partial charge in [-0.2, -0.15) is 0 Å². The number of rotatable bonds is 6. The Labute approximate surface area is 107 Å². The summed E-state index contributed by atoms with van der Waals surface area (Å²) < 4.78 is 5.50. The first-order chi connectivity index (χ1) is 8.45. The Morgan fingerprint density at radius 1 is 1.44 bits per heavy atom. The van der Waals surface area contributed by atoms with Crippen LogP contribution in [0.2, 0.25) is 0 Å². The van der Waals surface area contributed by atoms with E-state index in [-0.39, 0.29) is 0 Å². The Bertz CT molecular complexity index is 412. The molecule has 1 aromatic rings. The average Bonchev–Trinajstić information content (AvgIpc) is 2.30. The van der Waals surface area contributed by atoms with Gasteiger partial charge in [-0.05, 0) is 32.4 Å². The van der Waals surface area contributed by atoms with E-state index >= 15 is 0 Å². The molecule has 1 rings (SSSR count). The van der Waals surface area contributed by atoms with Gasteiger partial charge < -0.3 is 14.9 Å². The molecule has 1 unspecified atom stereocenters. The van der Waals surface area contributed by atoms with E-state index in [9.17, 15) is 9.90 Å². The molecule has 0 radical (unpaired) electrons. The highest BCUT2D eigenvalue weighted by atomic mass is 16.5. The first-order valence-corrected chi connectivity index (χ1v) is 6.13. The van der Waals surface area contributed by atoms with Gasteiger partial charge in [0.1, 0.15) is 5.75 Å². The predicted molar refractivity (Wildman–Crippen MR) is 68.8 cm³/mol. The molecule has 0 heterocycles. The number of carboxylic acids is 1. The second kappa shape index (κ2) is 6.40. The molecule has 18 heavy (non-hydrogen) atoms. The third kappa shape index (κ3) is 3.74. The van der Waals surface area contributed by atoms with E-state index in [4.69, 9.17) is 9.84 Å². The maximum Gasteiger partial charge on any atom is 0.344 e. The molecule has 0 fully saturated rings. The highest BCUT2D eigenvalue weighted by Crippen LogP contribution is 2.27. The maximum absolute atomic E-state index is 11.1. The molecule has 0 saturated heterocycles. The van der Waals surface area contributed by atoms with E-state index in [2.05, 4.69) is 0 Å². The maximum atomic E-state index is 11.1. The van der Waals surface area contributed by atoms with Crippen LogP contribution in [0, 0.1) is 6.92 Å². The van der Waals surface area contributed by atoms with Crippen molar-refractivity contribution in [1.29, 1.82) is 0 Å². The van der Waals surface area contributed by atoms with Gasteiger partial charge in [-0.1, -0.05) is 25.0 Å². The highest BCUT2D eigenvalue weighted by Gasteiger charge is 2.20. The fraction of sp³-hybridized carbons (Fsp3) is 0.500. The Morgan fingerprint density at radius 2 is 2.11 bits per heavy atom. The molecule has 0 bridgehead atoms. The monoisotopic (exact) mass is 252 g/mol. The molecule has 0 aliphatic heterocycles. The smallest absolute Gasteiger partial charge is 0.344 e. The number of carboxylic acid groups (broad SMARTS) is 1.